The highest BCUT2D eigenvalue weighted by Crippen LogP contribution is 2.28. The molecule has 7 nitrogen and oxygen atoms in total. The monoisotopic (exact) mass is 412 g/mol. The van der Waals surface area contributed by atoms with Gasteiger partial charge in [0.2, 0.25) is 5.91 Å². The van der Waals surface area contributed by atoms with E-state index in [4.69, 9.17) is 0 Å². The summed E-state index contributed by atoms with van der Waals surface area (Å²) in [6, 6.07) is 8.24. The second-order valence-electron chi connectivity index (χ2n) is 7.25. The van der Waals surface area contributed by atoms with Crippen LogP contribution < -0.4 is 5.32 Å². The number of thioether (sulfide) groups is 1. The standard InChI is InChI=1S/C21H28N6OS/c1-7-11-27-19(17-10-8-9-13(2)12-17)23-24-21(27)29-16(5)20(28)22-18-14(3)25-26(6)15(18)4/h8-10,12,16H,7,11H2,1-6H3,(H,22,28)/t16-/m0/s1. The summed E-state index contributed by atoms with van der Waals surface area (Å²) in [6.45, 7) is 10.7. The van der Waals surface area contributed by atoms with E-state index in [1.807, 2.05) is 40.0 Å². The third-order valence-electron chi connectivity index (χ3n) is 4.85. The van der Waals surface area contributed by atoms with Gasteiger partial charge in [-0.05, 0) is 40.2 Å². The third kappa shape index (κ3) is 4.53. The molecular weight excluding hydrogens is 384 g/mol. The van der Waals surface area contributed by atoms with Gasteiger partial charge in [-0.1, -0.05) is 42.4 Å². The molecule has 0 radical (unpaired) electrons. The van der Waals surface area contributed by atoms with Crippen LogP contribution in [-0.2, 0) is 18.4 Å². The Balaban J connectivity index is 1.81. The fourth-order valence-electron chi connectivity index (χ4n) is 3.19. The van der Waals surface area contributed by atoms with Crippen LogP contribution in [0.15, 0.2) is 29.4 Å². The van der Waals surface area contributed by atoms with E-state index in [0.717, 1.165) is 46.6 Å². The number of benzene rings is 1. The van der Waals surface area contributed by atoms with Gasteiger partial charge in [-0.3, -0.25) is 9.48 Å². The van der Waals surface area contributed by atoms with Gasteiger partial charge in [0.1, 0.15) is 0 Å². The number of carbonyl (C=O) groups excluding carboxylic acids is 1. The number of hydrogen-bond donors (Lipinski definition) is 1. The Morgan fingerprint density at radius 3 is 2.62 bits per heavy atom. The van der Waals surface area contributed by atoms with E-state index in [1.165, 1.54) is 17.3 Å². The van der Waals surface area contributed by atoms with E-state index in [9.17, 15) is 4.79 Å². The molecule has 2 aromatic heterocycles. The van der Waals surface area contributed by atoms with Crippen molar-refractivity contribution in [2.45, 2.75) is 58.0 Å². The SMILES string of the molecule is CCCn1c(S[C@@H](C)C(=O)Nc2c(C)nn(C)c2C)nnc1-c1cccc(C)c1. The van der Waals surface area contributed by atoms with E-state index in [1.54, 1.807) is 4.68 Å². The first-order valence-corrected chi connectivity index (χ1v) is 10.7. The van der Waals surface area contributed by atoms with Crippen LogP contribution in [0.3, 0.4) is 0 Å². The van der Waals surface area contributed by atoms with Gasteiger partial charge in [-0.25, -0.2) is 0 Å². The summed E-state index contributed by atoms with van der Waals surface area (Å²) in [6.07, 6.45) is 0.957. The predicted octanol–water partition coefficient (Wildman–Crippen LogP) is 4.13. The lowest BCUT2D eigenvalue weighted by Gasteiger charge is -2.14. The molecule has 0 saturated heterocycles. The Morgan fingerprint density at radius 1 is 1.24 bits per heavy atom. The van der Waals surface area contributed by atoms with Crippen molar-refractivity contribution < 1.29 is 4.79 Å². The van der Waals surface area contributed by atoms with Gasteiger partial charge < -0.3 is 9.88 Å². The summed E-state index contributed by atoms with van der Waals surface area (Å²) < 4.78 is 3.87. The molecule has 29 heavy (non-hydrogen) atoms. The molecule has 0 bridgehead atoms. The molecule has 1 atom stereocenters. The largest absolute Gasteiger partial charge is 0.322 e. The van der Waals surface area contributed by atoms with Gasteiger partial charge in [0, 0.05) is 19.2 Å². The van der Waals surface area contributed by atoms with Crippen LogP contribution in [-0.4, -0.2) is 35.7 Å². The molecule has 0 aliphatic rings. The molecule has 154 valence electrons. The first kappa shape index (κ1) is 21.1. The van der Waals surface area contributed by atoms with E-state index >= 15 is 0 Å². The molecule has 0 aliphatic carbocycles. The van der Waals surface area contributed by atoms with Gasteiger partial charge in [-0.15, -0.1) is 10.2 Å². The number of nitrogens with one attached hydrogen (secondary N) is 1. The van der Waals surface area contributed by atoms with Crippen molar-refractivity contribution in [1.82, 2.24) is 24.5 Å². The van der Waals surface area contributed by atoms with Crippen LogP contribution in [0.4, 0.5) is 5.69 Å². The van der Waals surface area contributed by atoms with Crippen LogP contribution >= 0.6 is 11.8 Å². The highest BCUT2D eigenvalue weighted by atomic mass is 32.2. The van der Waals surface area contributed by atoms with E-state index in [2.05, 4.69) is 51.2 Å². The topological polar surface area (TPSA) is 77.6 Å². The van der Waals surface area contributed by atoms with Crippen LogP contribution in [0.25, 0.3) is 11.4 Å². The molecule has 8 heteroatoms. The minimum Gasteiger partial charge on any atom is -0.322 e. The number of carbonyl (C=O) groups is 1. The lowest BCUT2D eigenvalue weighted by Crippen LogP contribution is -2.23. The first-order valence-electron chi connectivity index (χ1n) is 9.79. The summed E-state index contributed by atoms with van der Waals surface area (Å²) in [5.41, 5.74) is 4.74. The zero-order valence-electron chi connectivity index (χ0n) is 17.9. The van der Waals surface area contributed by atoms with E-state index < -0.39 is 0 Å². The van der Waals surface area contributed by atoms with Crippen molar-refractivity contribution in [3.63, 3.8) is 0 Å². The zero-order chi connectivity index (χ0) is 21.1. The van der Waals surface area contributed by atoms with Gasteiger partial charge in [0.25, 0.3) is 0 Å². The van der Waals surface area contributed by atoms with Crippen molar-refractivity contribution in [2.75, 3.05) is 5.32 Å². The van der Waals surface area contributed by atoms with Crippen molar-refractivity contribution in [3.05, 3.63) is 41.2 Å². The average Bonchev–Trinajstić information content (AvgIpc) is 3.17. The maximum absolute atomic E-state index is 12.8. The normalized spacial score (nSPS) is 12.2. The minimum atomic E-state index is -0.320. The second kappa shape index (κ2) is 8.82. The Hall–Kier alpha value is -2.61. The minimum absolute atomic E-state index is 0.0719. The van der Waals surface area contributed by atoms with Crippen LogP contribution in [0.2, 0.25) is 0 Å². The fourth-order valence-corrected chi connectivity index (χ4v) is 4.06. The Morgan fingerprint density at radius 2 is 2.00 bits per heavy atom. The highest BCUT2D eigenvalue weighted by molar-refractivity contribution is 8.00. The zero-order valence-corrected chi connectivity index (χ0v) is 18.7. The van der Waals surface area contributed by atoms with Crippen molar-refractivity contribution in [3.8, 4) is 11.4 Å². The molecular formula is C21H28N6OS. The van der Waals surface area contributed by atoms with Gasteiger partial charge in [0.15, 0.2) is 11.0 Å². The molecule has 1 amide bonds. The van der Waals surface area contributed by atoms with Gasteiger partial charge >= 0.3 is 0 Å². The second-order valence-corrected chi connectivity index (χ2v) is 8.55. The average molecular weight is 413 g/mol. The lowest BCUT2D eigenvalue weighted by molar-refractivity contribution is -0.115. The first-order chi connectivity index (χ1) is 13.8. The Labute approximate surface area is 175 Å². The fraction of sp³-hybridized carbons (Fsp3) is 0.429. The highest BCUT2D eigenvalue weighted by Gasteiger charge is 2.22. The molecule has 1 aromatic carbocycles. The lowest BCUT2D eigenvalue weighted by atomic mass is 10.1. The number of nitrogens with zero attached hydrogens (tertiary/aromatic N) is 5. The van der Waals surface area contributed by atoms with Crippen molar-refractivity contribution in [1.29, 1.82) is 0 Å². The third-order valence-corrected chi connectivity index (χ3v) is 5.93. The number of amides is 1. The quantitative estimate of drug-likeness (QED) is 0.590. The summed E-state index contributed by atoms with van der Waals surface area (Å²) in [7, 11) is 1.87. The van der Waals surface area contributed by atoms with Crippen LogP contribution in [0.1, 0.15) is 37.2 Å². The van der Waals surface area contributed by atoms with Gasteiger partial charge in [0.05, 0.1) is 22.3 Å². The molecule has 3 rings (SSSR count). The Kier molecular flexibility index (Phi) is 6.42. The molecule has 2 heterocycles. The van der Waals surface area contributed by atoms with Gasteiger partial charge in [-0.2, -0.15) is 5.10 Å². The van der Waals surface area contributed by atoms with E-state index in [-0.39, 0.29) is 11.2 Å². The Bertz CT molecular complexity index is 1020. The maximum atomic E-state index is 12.8. The summed E-state index contributed by atoms with van der Waals surface area (Å²) >= 11 is 1.43. The smallest absolute Gasteiger partial charge is 0.237 e. The molecule has 1 N–H and O–H groups in total. The predicted molar refractivity (Wildman–Crippen MR) is 117 cm³/mol. The molecule has 0 fully saturated rings. The number of anilines is 1. The molecule has 0 spiro atoms. The number of hydrogen-bond acceptors (Lipinski definition) is 5. The van der Waals surface area contributed by atoms with Crippen molar-refractivity contribution >= 4 is 23.4 Å². The molecule has 0 saturated carbocycles. The molecule has 3 aromatic rings. The van der Waals surface area contributed by atoms with E-state index in [0.29, 0.717) is 0 Å². The summed E-state index contributed by atoms with van der Waals surface area (Å²) in [5.74, 6) is 0.766. The molecule has 0 aliphatic heterocycles. The maximum Gasteiger partial charge on any atom is 0.237 e. The molecule has 0 unspecified atom stereocenters. The van der Waals surface area contributed by atoms with Crippen LogP contribution in [0.5, 0.6) is 0 Å². The number of aromatic nitrogens is 5. The summed E-state index contributed by atoms with van der Waals surface area (Å²) in [4.78, 5) is 12.8. The van der Waals surface area contributed by atoms with Crippen LogP contribution in [0, 0.1) is 20.8 Å². The summed E-state index contributed by atoms with van der Waals surface area (Å²) in [5, 5.41) is 16.6. The number of rotatable bonds is 7. The number of aryl methyl sites for hydroxylation is 3. The van der Waals surface area contributed by atoms with Crippen molar-refractivity contribution in [2.24, 2.45) is 7.05 Å².